The summed E-state index contributed by atoms with van der Waals surface area (Å²) in [6.07, 6.45) is -4.79. The molecule has 1 saturated heterocycles. The number of alkyl halides is 3. The molecule has 3 rings (SSSR count). The largest absolute Gasteiger partial charge is 0.454 e. The van der Waals surface area contributed by atoms with Gasteiger partial charge in [-0.2, -0.15) is 13.2 Å². The molecule has 1 fully saturated rings. The van der Waals surface area contributed by atoms with E-state index in [1.165, 1.54) is 4.90 Å². The van der Waals surface area contributed by atoms with Crippen molar-refractivity contribution >= 4 is 11.7 Å². The van der Waals surface area contributed by atoms with Gasteiger partial charge in [-0.05, 0) is 12.0 Å². The summed E-state index contributed by atoms with van der Waals surface area (Å²) in [5, 5.41) is 2.64. The van der Waals surface area contributed by atoms with Crippen molar-refractivity contribution in [2.75, 3.05) is 32.8 Å². The van der Waals surface area contributed by atoms with Crippen LogP contribution in [0.25, 0.3) is 0 Å². The van der Waals surface area contributed by atoms with Crippen LogP contribution in [0.15, 0.2) is 41.6 Å². The Morgan fingerprint density at radius 3 is 2.46 bits per heavy atom. The summed E-state index contributed by atoms with van der Waals surface area (Å²) >= 11 is 0. The van der Waals surface area contributed by atoms with Crippen LogP contribution in [0.1, 0.15) is 5.56 Å². The van der Waals surface area contributed by atoms with Crippen LogP contribution in [0.3, 0.4) is 0 Å². The maximum Gasteiger partial charge on any atom is 0.454 e. The van der Waals surface area contributed by atoms with E-state index in [1.807, 2.05) is 6.07 Å². The molecular weight excluding hydrogens is 349 g/mol. The van der Waals surface area contributed by atoms with Gasteiger partial charge < -0.3 is 15.0 Å². The number of hydrogen-bond donors (Lipinski definition) is 1. The van der Waals surface area contributed by atoms with Gasteiger partial charge in [-0.25, -0.2) is 0 Å². The number of nitrogens with zero attached hydrogens (tertiary/aromatic N) is 1. The van der Waals surface area contributed by atoms with E-state index in [9.17, 15) is 22.8 Å². The third-order valence-electron chi connectivity index (χ3n) is 4.54. The van der Waals surface area contributed by atoms with Crippen molar-refractivity contribution in [3.63, 3.8) is 0 Å². The molecule has 0 radical (unpaired) electrons. The Morgan fingerprint density at radius 2 is 1.85 bits per heavy atom. The van der Waals surface area contributed by atoms with Gasteiger partial charge in [0.15, 0.2) is 0 Å². The Hall–Kier alpha value is -2.35. The zero-order chi connectivity index (χ0) is 18.7. The number of carbonyl (C=O) groups excluding carboxylic acids is 2. The van der Waals surface area contributed by atoms with Gasteiger partial charge in [-0.3, -0.25) is 9.59 Å². The Morgan fingerprint density at radius 1 is 1.19 bits per heavy atom. The summed E-state index contributed by atoms with van der Waals surface area (Å²) in [6, 6.07) is 8.97. The molecule has 2 aliphatic rings. The number of ether oxygens (including phenoxy) is 1. The molecule has 1 aromatic carbocycles. The van der Waals surface area contributed by atoms with Gasteiger partial charge in [-0.1, -0.05) is 30.3 Å². The minimum atomic E-state index is -5.03. The van der Waals surface area contributed by atoms with Crippen molar-refractivity contribution < 1.29 is 27.5 Å². The second-order valence-electron chi connectivity index (χ2n) is 6.29. The quantitative estimate of drug-likeness (QED) is 0.879. The second kappa shape index (κ2) is 7.49. The molecule has 1 atom stereocenters. The van der Waals surface area contributed by atoms with Crippen molar-refractivity contribution in [1.82, 2.24) is 10.2 Å². The SMILES string of the molecule is O=C1NCC(Cc2ccccc2)C(C(=O)C(F)(F)F)=C1N1CCOCC1. The van der Waals surface area contributed by atoms with Crippen molar-refractivity contribution in [2.45, 2.75) is 12.6 Å². The number of ketones is 1. The minimum Gasteiger partial charge on any atom is -0.378 e. The maximum absolute atomic E-state index is 13.3. The lowest BCUT2D eigenvalue weighted by atomic mass is 9.84. The highest BCUT2D eigenvalue weighted by molar-refractivity contribution is 6.09. The molecule has 8 heteroatoms. The molecule has 0 saturated carbocycles. The number of halogens is 3. The van der Waals surface area contributed by atoms with E-state index in [1.54, 1.807) is 24.3 Å². The molecule has 1 amide bonds. The molecule has 0 aliphatic carbocycles. The van der Waals surface area contributed by atoms with E-state index in [2.05, 4.69) is 5.32 Å². The summed E-state index contributed by atoms with van der Waals surface area (Å²) in [4.78, 5) is 26.1. The van der Waals surface area contributed by atoms with Gasteiger partial charge in [0, 0.05) is 31.1 Å². The molecule has 26 heavy (non-hydrogen) atoms. The van der Waals surface area contributed by atoms with Crippen LogP contribution in [0.4, 0.5) is 13.2 Å². The molecule has 0 spiro atoms. The van der Waals surface area contributed by atoms with Crippen molar-refractivity contribution in [1.29, 1.82) is 0 Å². The van der Waals surface area contributed by atoms with E-state index >= 15 is 0 Å². The highest BCUT2D eigenvalue weighted by atomic mass is 19.4. The number of morpholine rings is 1. The molecule has 1 aromatic rings. The van der Waals surface area contributed by atoms with Crippen LogP contribution in [0.2, 0.25) is 0 Å². The van der Waals surface area contributed by atoms with E-state index in [4.69, 9.17) is 4.74 Å². The second-order valence-corrected chi connectivity index (χ2v) is 6.29. The molecule has 0 bridgehead atoms. The molecule has 140 valence electrons. The average molecular weight is 368 g/mol. The number of hydrogen-bond acceptors (Lipinski definition) is 4. The number of rotatable bonds is 4. The Labute approximate surface area is 148 Å². The number of nitrogens with one attached hydrogen (secondary N) is 1. The van der Waals surface area contributed by atoms with Gasteiger partial charge >= 0.3 is 6.18 Å². The fourth-order valence-corrected chi connectivity index (χ4v) is 3.34. The molecule has 5 nitrogen and oxygen atoms in total. The number of Topliss-reactive ketones (excluding diaryl/α,β-unsaturated/α-hetero) is 1. The first-order valence-corrected chi connectivity index (χ1v) is 8.38. The predicted molar refractivity (Wildman–Crippen MR) is 87.1 cm³/mol. The average Bonchev–Trinajstić information content (AvgIpc) is 2.63. The lowest BCUT2D eigenvalue weighted by Crippen LogP contribution is -2.50. The third kappa shape index (κ3) is 3.90. The smallest absolute Gasteiger partial charge is 0.378 e. The van der Waals surface area contributed by atoms with E-state index in [0.29, 0.717) is 13.2 Å². The first-order chi connectivity index (χ1) is 12.4. The van der Waals surface area contributed by atoms with Crippen LogP contribution in [-0.4, -0.2) is 55.6 Å². The monoisotopic (exact) mass is 368 g/mol. The summed E-state index contributed by atoms with van der Waals surface area (Å²) in [6.45, 7) is 1.14. The van der Waals surface area contributed by atoms with Crippen molar-refractivity contribution in [2.24, 2.45) is 5.92 Å². The summed E-state index contributed by atoms with van der Waals surface area (Å²) in [5.74, 6) is -3.30. The lowest BCUT2D eigenvalue weighted by molar-refractivity contribution is -0.167. The van der Waals surface area contributed by atoms with E-state index in [0.717, 1.165) is 5.56 Å². The third-order valence-corrected chi connectivity index (χ3v) is 4.54. The standard InChI is InChI=1S/C18H19F3N2O3/c19-18(20,21)16(24)14-13(10-12-4-2-1-3-5-12)11-22-17(25)15(14)23-6-8-26-9-7-23/h1-5,13H,6-11H2,(H,22,25). The van der Waals surface area contributed by atoms with Crippen molar-refractivity contribution in [3.8, 4) is 0 Å². The molecule has 1 unspecified atom stereocenters. The summed E-state index contributed by atoms with van der Waals surface area (Å²) in [7, 11) is 0. The lowest BCUT2D eigenvalue weighted by Gasteiger charge is -2.36. The topological polar surface area (TPSA) is 58.6 Å². The summed E-state index contributed by atoms with van der Waals surface area (Å²) in [5.41, 5.74) is 0.206. The summed E-state index contributed by atoms with van der Waals surface area (Å²) < 4.78 is 45.0. The molecule has 1 N–H and O–H groups in total. The van der Waals surface area contributed by atoms with Gasteiger partial charge in [0.05, 0.1) is 13.2 Å². The van der Waals surface area contributed by atoms with Crippen LogP contribution in [0, 0.1) is 5.92 Å². The molecular formula is C18H19F3N2O3. The Bertz CT molecular complexity index is 710. The maximum atomic E-state index is 13.3. The van der Waals surface area contributed by atoms with Crippen LogP contribution >= 0.6 is 0 Å². The normalized spacial score (nSPS) is 21.6. The van der Waals surface area contributed by atoms with Crippen molar-refractivity contribution in [3.05, 3.63) is 47.2 Å². The van der Waals surface area contributed by atoms with Gasteiger partial charge in [0.25, 0.3) is 11.7 Å². The highest BCUT2D eigenvalue weighted by Gasteiger charge is 2.47. The number of carbonyl (C=O) groups is 2. The fraction of sp³-hybridized carbons (Fsp3) is 0.444. The fourth-order valence-electron chi connectivity index (χ4n) is 3.34. The van der Waals surface area contributed by atoms with Crippen LogP contribution in [0.5, 0.6) is 0 Å². The molecule has 2 heterocycles. The predicted octanol–water partition coefficient (Wildman–Crippen LogP) is 1.69. The molecule has 2 aliphatic heterocycles. The molecule has 0 aromatic heterocycles. The van der Waals surface area contributed by atoms with E-state index < -0.39 is 29.4 Å². The van der Waals surface area contributed by atoms with E-state index in [-0.39, 0.29) is 31.8 Å². The van der Waals surface area contributed by atoms with Crippen LogP contribution in [-0.2, 0) is 20.7 Å². The van der Waals surface area contributed by atoms with Gasteiger partial charge in [0.2, 0.25) is 0 Å². The minimum absolute atomic E-state index is 0.00127. The first kappa shape index (κ1) is 18.4. The van der Waals surface area contributed by atoms with Gasteiger partial charge in [0.1, 0.15) is 5.70 Å². The zero-order valence-electron chi connectivity index (χ0n) is 14.0. The zero-order valence-corrected chi connectivity index (χ0v) is 14.0. The Balaban J connectivity index is 2.03. The first-order valence-electron chi connectivity index (χ1n) is 8.38. The number of amides is 1. The Kier molecular flexibility index (Phi) is 5.31. The highest BCUT2D eigenvalue weighted by Crippen LogP contribution is 2.32. The van der Waals surface area contributed by atoms with Gasteiger partial charge in [-0.15, -0.1) is 0 Å². The number of benzene rings is 1. The van der Waals surface area contributed by atoms with Crippen LogP contribution < -0.4 is 5.32 Å².